The molecule has 2 N–H and O–H groups in total. The third kappa shape index (κ3) is 4.05. The second-order valence-corrected chi connectivity index (χ2v) is 10.5. The van der Waals surface area contributed by atoms with E-state index in [1.165, 1.54) is 10.4 Å². The number of aryl methyl sites for hydroxylation is 1. The van der Waals surface area contributed by atoms with Gasteiger partial charge in [-0.05, 0) is 63.0 Å². The minimum atomic E-state index is -3.88. The van der Waals surface area contributed by atoms with E-state index in [9.17, 15) is 18.0 Å². The summed E-state index contributed by atoms with van der Waals surface area (Å²) >= 11 is 0. The molecule has 2 fully saturated rings. The predicted octanol–water partition coefficient (Wildman–Crippen LogP) is 2.17. The molecule has 0 spiro atoms. The molecule has 1 aliphatic carbocycles. The Bertz CT molecular complexity index is 954. The van der Waals surface area contributed by atoms with Gasteiger partial charge in [-0.25, -0.2) is 8.42 Å². The molecular weight excluding hydrogens is 406 g/mol. The van der Waals surface area contributed by atoms with Gasteiger partial charge in [0, 0.05) is 18.7 Å². The molecule has 0 aromatic heterocycles. The van der Waals surface area contributed by atoms with Crippen LogP contribution in [0.2, 0.25) is 0 Å². The smallest absolute Gasteiger partial charge is 0.262 e. The molecule has 2 heterocycles. The third-order valence-electron chi connectivity index (χ3n) is 6.37. The van der Waals surface area contributed by atoms with Gasteiger partial charge in [0.2, 0.25) is 15.9 Å². The lowest BCUT2D eigenvalue weighted by Gasteiger charge is -2.30. The first-order chi connectivity index (χ1) is 14.3. The van der Waals surface area contributed by atoms with Crippen LogP contribution in [0.4, 0.5) is 5.69 Å². The molecule has 1 saturated heterocycles. The van der Waals surface area contributed by atoms with Crippen LogP contribution in [0.5, 0.6) is 5.75 Å². The molecule has 1 saturated carbocycles. The molecule has 2 amide bonds. The highest BCUT2D eigenvalue weighted by Gasteiger charge is 2.41. The zero-order valence-corrected chi connectivity index (χ0v) is 18.3. The fourth-order valence-electron chi connectivity index (χ4n) is 4.61. The number of fused-ring (bicyclic) bond motifs is 1. The van der Waals surface area contributed by atoms with E-state index in [2.05, 4.69) is 17.6 Å². The van der Waals surface area contributed by atoms with Crippen molar-refractivity contribution in [3.05, 3.63) is 17.7 Å². The molecule has 9 heteroatoms. The summed E-state index contributed by atoms with van der Waals surface area (Å²) in [6.07, 6.45) is 5.23. The van der Waals surface area contributed by atoms with Crippen molar-refractivity contribution in [2.75, 3.05) is 18.5 Å². The van der Waals surface area contributed by atoms with E-state index in [-0.39, 0.29) is 29.4 Å². The molecule has 8 nitrogen and oxygen atoms in total. The average Bonchev–Trinajstić information content (AvgIpc) is 3.20. The van der Waals surface area contributed by atoms with E-state index in [1.807, 2.05) is 0 Å². The zero-order chi connectivity index (χ0) is 21.5. The largest absolute Gasteiger partial charge is 0.482 e. The van der Waals surface area contributed by atoms with E-state index in [1.54, 1.807) is 13.0 Å². The molecule has 0 radical (unpaired) electrons. The number of hydrogen-bond acceptors (Lipinski definition) is 5. The monoisotopic (exact) mass is 435 g/mol. The Balaban J connectivity index is 1.54. The van der Waals surface area contributed by atoms with Gasteiger partial charge in [-0.15, -0.1) is 0 Å². The van der Waals surface area contributed by atoms with Gasteiger partial charge in [-0.2, -0.15) is 4.31 Å². The van der Waals surface area contributed by atoms with Crippen molar-refractivity contribution in [1.82, 2.24) is 9.62 Å². The summed E-state index contributed by atoms with van der Waals surface area (Å²) in [6.45, 7) is 4.07. The summed E-state index contributed by atoms with van der Waals surface area (Å²) < 4.78 is 33.6. The van der Waals surface area contributed by atoms with Gasteiger partial charge in [0.05, 0.1) is 10.6 Å². The summed E-state index contributed by atoms with van der Waals surface area (Å²) in [4.78, 5) is 24.6. The van der Waals surface area contributed by atoms with Crippen LogP contribution in [0, 0.1) is 12.8 Å². The van der Waals surface area contributed by atoms with Crippen LogP contribution in [0.3, 0.4) is 0 Å². The highest BCUT2D eigenvalue weighted by Crippen LogP contribution is 2.36. The quantitative estimate of drug-likeness (QED) is 0.754. The van der Waals surface area contributed by atoms with E-state index in [0.717, 1.165) is 25.7 Å². The number of hydrogen-bond donors (Lipinski definition) is 2. The lowest BCUT2D eigenvalue weighted by Crippen LogP contribution is -2.49. The third-order valence-corrected chi connectivity index (χ3v) is 8.42. The van der Waals surface area contributed by atoms with Gasteiger partial charge < -0.3 is 15.4 Å². The van der Waals surface area contributed by atoms with Crippen molar-refractivity contribution in [2.24, 2.45) is 5.92 Å². The first kappa shape index (κ1) is 21.1. The maximum absolute atomic E-state index is 13.5. The van der Waals surface area contributed by atoms with Crippen molar-refractivity contribution >= 4 is 27.5 Å². The van der Waals surface area contributed by atoms with Crippen LogP contribution in [-0.4, -0.2) is 49.8 Å². The molecule has 0 bridgehead atoms. The van der Waals surface area contributed by atoms with Crippen LogP contribution in [0.1, 0.15) is 51.0 Å². The normalized spacial score (nSPS) is 27.1. The second kappa shape index (κ2) is 8.19. The average molecular weight is 436 g/mol. The van der Waals surface area contributed by atoms with Crippen molar-refractivity contribution in [2.45, 2.75) is 69.4 Å². The van der Waals surface area contributed by atoms with Crippen LogP contribution < -0.4 is 15.4 Å². The van der Waals surface area contributed by atoms with Crippen LogP contribution in [-0.2, 0) is 19.6 Å². The number of benzene rings is 1. The number of carbonyl (C=O) groups excluding carboxylic acids is 2. The number of carbonyl (C=O) groups is 2. The Morgan fingerprint density at radius 1 is 1.20 bits per heavy atom. The van der Waals surface area contributed by atoms with Gasteiger partial charge in [0.15, 0.2) is 6.61 Å². The number of nitrogens with zero attached hydrogens (tertiary/aromatic N) is 1. The van der Waals surface area contributed by atoms with E-state index in [0.29, 0.717) is 42.3 Å². The summed E-state index contributed by atoms with van der Waals surface area (Å²) in [5.74, 6) is 0.538. The Morgan fingerprint density at radius 2 is 1.93 bits per heavy atom. The van der Waals surface area contributed by atoms with E-state index < -0.39 is 16.1 Å². The summed E-state index contributed by atoms with van der Waals surface area (Å²) in [5.41, 5.74) is 0.969. The van der Waals surface area contributed by atoms with Gasteiger partial charge in [0.1, 0.15) is 11.8 Å². The summed E-state index contributed by atoms with van der Waals surface area (Å²) in [5, 5.41) is 5.78. The molecule has 3 aliphatic rings. The van der Waals surface area contributed by atoms with Gasteiger partial charge in [0.25, 0.3) is 5.91 Å². The Labute approximate surface area is 177 Å². The maximum Gasteiger partial charge on any atom is 0.262 e. The number of sulfonamides is 1. The molecule has 1 unspecified atom stereocenters. The van der Waals surface area contributed by atoms with E-state index >= 15 is 0 Å². The summed E-state index contributed by atoms with van der Waals surface area (Å²) in [7, 11) is -3.88. The van der Waals surface area contributed by atoms with Gasteiger partial charge >= 0.3 is 0 Å². The van der Waals surface area contributed by atoms with Gasteiger partial charge in [-0.3, -0.25) is 9.59 Å². The molecule has 2 aliphatic heterocycles. The number of anilines is 1. The Hall–Kier alpha value is -2.13. The number of nitrogens with one attached hydrogen (secondary N) is 2. The van der Waals surface area contributed by atoms with Crippen molar-refractivity contribution in [1.29, 1.82) is 0 Å². The molecule has 1 atom stereocenters. The van der Waals surface area contributed by atoms with Crippen molar-refractivity contribution in [3.8, 4) is 5.75 Å². The number of rotatable bonds is 4. The first-order valence-electron chi connectivity index (χ1n) is 10.6. The molecule has 4 rings (SSSR count). The van der Waals surface area contributed by atoms with Crippen molar-refractivity contribution < 1.29 is 22.7 Å². The SMILES string of the molecule is Cc1cc2c(cc1S(=O)(=O)N1CCCC1C(=O)NC1CCC(C)CC1)OCC(=O)N2. The Kier molecular flexibility index (Phi) is 5.76. The number of amides is 2. The van der Waals surface area contributed by atoms with Crippen LogP contribution in [0.25, 0.3) is 0 Å². The first-order valence-corrected chi connectivity index (χ1v) is 12.1. The summed E-state index contributed by atoms with van der Waals surface area (Å²) in [6, 6.07) is 2.50. The van der Waals surface area contributed by atoms with Crippen LogP contribution in [0.15, 0.2) is 17.0 Å². The second-order valence-electron chi connectivity index (χ2n) is 8.69. The minimum Gasteiger partial charge on any atom is -0.482 e. The fourth-order valence-corrected chi connectivity index (χ4v) is 6.49. The Morgan fingerprint density at radius 3 is 2.67 bits per heavy atom. The van der Waals surface area contributed by atoms with Gasteiger partial charge in [-0.1, -0.05) is 6.92 Å². The molecule has 1 aromatic carbocycles. The standard InChI is InChI=1S/C21H29N3O5S/c1-13-5-7-15(8-6-13)22-21(26)17-4-3-9-24(17)30(27,28)19-11-18-16(10-14(19)2)23-20(25)12-29-18/h10-11,13,15,17H,3-9,12H2,1-2H3,(H,22,26)(H,23,25). The molecule has 164 valence electrons. The zero-order valence-electron chi connectivity index (χ0n) is 17.4. The topological polar surface area (TPSA) is 105 Å². The lowest BCUT2D eigenvalue weighted by atomic mass is 9.87. The number of ether oxygens (including phenoxy) is 1. The molecule has 30 heavy (non-hydrogen) atoms. The molecule has 1 aromatic rings. The maximum atomic E-state index is 13.5. The lowest BCUT2D eigenvalue weighted by molar-refractivity contribution is -0.125. The fraction of sp³-hybridized carbons (Fsp3) is 0.619. The predicted molar refractivity (Wildman–Crippen MR) is 112 cm³/mol. The van der Waals surface area contributed by atoms with E-state index in [4.69, 9.17) is 4.74 Å². The van der Waals surface area contributed by atoms with Crippen LogP contribution >= 0.6 is 0 Å². The highest BCUT2D eigenvalue weighted by molar-refractivity contribution is 7.89. The minimum absolute atomic E-state index is 0.114. The van der Waals surface area contributed by atoms with Crippen molar-refractivity contribution in [3.63, 3.8) is 0 Å². The highest BCUT2D eigenvalue weighted by atomic mass is 32.2. The molecular formula is C21H29N3O5S.